The molecule has 0 spiro atoms. The van der Waals surface area contributed by atoms with E-state index >= 15 is 0 Å². The highest BCUT2D eigenvalue weighted by Gasteiger charge is 2.15. The normalized spacial score (nSPS) is 11.2. The van der Waals surface area contributed by atoms with Crippen molar-refractivity contribution in [3.63, 3.8) is 0 Å². The number of nitrogens with zero attached hydrogens (tertiary/aromatic N) is 1. The van der Waals surface area contributed by atoms with Crippen LogP contribution in [0.5, 0.6) is 5.75 Å². The Labute approximate surface area is 159 Å². The third-order valence-corrected chi connectivity index (χ3v) is 3.83. The summed E-state index contributed by atoms with van der Waals surface area (Å²) in [5, 5.41) is 21.9. The lowest BCUT2D eigenvalue weighted by Crippen LogP contribution is -2.21. The number of aliphatic hydroxyl groups excluding tert-OH is 1. The minimum Gasteiger partial charge on any atom is -0.484 e. The largest absolute Gasteiger partial charge is 0.484 e. The number of ether oxygens (including phenoxy) is 1. The molecule has 0 heterocycles. The molecule has 0 aliphatic heterocycles. The molecular formula is C19H22Cl2N2O2. The molecule has 0 saturated carbocycles. The molecule has 0 fully saturated rings. The Balaban J connectivity index is 0.00000312. The predicted octanol–water partition coefficient (Wildman–Crippen LogP) is 4.12. The quantitative estimate of drug-likeness (QED) is 0.642. The standard InChI is InChI=1S/C19H21ClN2O2.ClH/c20-17-8-7-16(14-21)19(13-17)24-18(9-11-22-10-4-12-23)15-5-2-1-3-6-15;/h1-3,5-8,13,18,22-23H,4,9-12H2;1H/t18-;/m1./s1. The van der Waals surface area contributed by atoms with Gasteiger partial charge in [0, 0.05) is 24.1 Å². The van der Waals surface area contributed by atoms with Crippen LogP contribution in [0.3, 0.4) is 0 Å². The molecule has 2 aromatic rings. The molecule has 4 nitrogen and oxygen atoms in total. The van der Waals surface area contributed by atoms with Crippen molar-refractivity contribution < 1.29 is 9.84 Å². The van der Waals surface area contributed by atoms with Crippen molar-refractivity contribution in [3.8, 4) is 11.8 Å². The molecule has 6 heteroatoms. The predicted molar refractivity (Wildman–Crippen MR) is 102 cm³/mol. The monoisotopic (exact) mass is 380 g/mol. The minimum atomic E-state index is -0.182. The first-order chi connectivity index (χ1) is 11.7. The van der Waals surface area contributed by atoms with Gasteiger partial charge in [0.25, 0.3) is 0 Å². The van der Waals surface area contributed by atoms with E-state index in [1.807, 2.05) is 30.3 Å². The molecule has 1 atom stereocenters. The number of nitriles is 1. The zero-order valence-corrected chi connectivity index (χ0v) is 15.4. The lowest BCUT2D eigenvalue weighted by molar-refractivity contribution is 0.193. The van der Waals surface area contributed by atoms with Crippen LogP contribution in [-0.2, 0) is 0 Å². The Morgan fingerprint density at radius 3 is 2.60 bits per heavy atom. The molecule has 0 bridgehead atoms. The Kier molecular flexibility index (Phi) is 9.98. The van der Waals surface area contributed by atoms with E-state index in [4.69, 9.17) is 21.4 Å². The maximum Gasteiger partial charge on any atom is 0.139 e. The molecule has 25 heavy (non-hydrogen) atoms. The van der Waals surface area contributed by atoms with Crippen molar-refractivity contribution in [1.82, 2.24) is 5.32 Å². The van der Waals surface area contributed by atoms with Gasteiger partial charge in [0.15, 0.2) is 0 Å². The van der Waals surface area contributed by atoms with Crippen LogP contribution in [0.25, 0.3) is 0 Å². The second kappa shape index (κ2) is 11.7. The van der Waals surface area contributed by atoms with Crippen LogP contribution >= 0.6 is 24.0 Å². The molecule has 0 aliphatic carbocycles. The van der Waals surface area contributed by atoms with Gasteiger partial charge < -0.3 is 15.2 Å². The summed E-state index contributed by atoms with van der Waals surface area (Å²) in [6.07, 6.45) is 1.29. The Hall–Kier alpha value is -1.77. The lowest BCUT2D eigenvalue weighted by Gasteiger charge is -2.21. The highest BCUT2D eigenvalue weighted by molar-refractivity contribution is 6.30. The average Bonchev–Trinajstić information content (AvgIpc) is 2.61. The van der Waals surface area contributed by atoms with Gasteiger partial charge in [-0.3, -0.25) is 0 Å². The topological polar surface area (TPSA) is 65.3 Å². The van der Waals surface area contributed by atoms with E-state index in [0.29, 0.717) is 16.3 Å². The van der Waals surface area contributed by atoms with E-state index < -0.39 is 0 Å². The average molecular weight is 381 g/mol. The van der Waals surface area contributed by atoms with Crippen molar-refractivity contribution in [3.05, 3.63) is 64.7 Å². The summed E-state index contributed by atoms with van der Waals surface area (Å²) in [5.41, 5.74) is 1.51. The van der Waals surface area contributed by atoms with E-state index in [0.717, 1.165) is 31.5 Å². The van der Waals surface area contributed by atoms with Crippen molar-refractivity contribution in [2.75, 3.05) is 19.7 Å². The van der Waals surface area contributed by atoms with Gasteiger partial charge in [-0.25, -0.2) is 0 Å². The van der Waals surface area contributed by atoms with Gasteiger partial charge in [0.1, 0.15) is 17.9 Å². The van der Waals surface area contributed by atoms with Gasteiger partial charge in [0.2, 0.25) is 0 Å². The second-order valence-electron chi connectivity index (χ2n) is 5.39. The SMILES string of the molecule is Cl.N#Cc1ccc(Cl)cc1O[C@H](CCNCCCO)c1ccccc1. The van der Waals surface area contributed by atoms with Gasteiger partial charge in [-0.1, -0.05) is 41.9 Å². The smallest absolute Gasteiger partial charge is 0.139 e. The lowest BCUT2D eigenvalue weighted by atomic mass is 10.1. The summed E-state index contributed by atoms with van der Waals surface area (Å²) < 4.78 is 6.11. The van der Waals surface area contributed by atoms with Crippen LogP contribution in [0.2, 0.25) is 5.02 Å². The van der Waals surface area contributed by atoms with E-state index in [2.05, 4.69) is 11.4 Å². The molecule has 0 aliphatic rings. The molecule has 2 N–H and O–H groups in total. The van der Waals surface area contributed by atoms with Crippen LogP contribution in [0, 0.1) is 11.3 Å². The minimum absolute atomic E-state index is 0. The molecule has 0 saturated heterocycles. The fourth-order valence-corrected chi connectivity index (χ4v) is 2.52. The summed E-state index contributed by atoms with van der Waals surface area (Å²) in [6, 6.07) is 17.1. The zero-order valence-electron chi connectivity index (χ0n) is 13.8. The van der Waals surface area contributed by atoms with E-state index in [-0.39, 0.29) is 25.1 Å². The van der Waals surface area contributed by atoms with Crippen molar-refractivity contribution in [1.29, 1.82) is 5.26 Å². The van der Waals surface area contributed by atoms with Gasteiger partial charge >= 0.3 is 0 Å². The van der Waals surface area contributed by atoms with Crippen LogP contribution in [0.15, 0.2) is 48.5 Å². The summed E-state index contributed by atoms with van der Waals surface area (Å²) in [4.78, 5) is 0. The molecule has 0 unspecified atom stereocenters. The molecule has 0 aromatic heterocycles. The van der Waals surface area contributed by atoms with Gasteiger partial charge in [-0.2, -0.15) is 5.26 Å². The Bertz CT molecular complexity index is 675. The first kappa shape index (κ1) is 21.3. The van der Waals surface area contributed by atoms with Gasteiger partial charge in [0.05, 0.1) is 5.56 Å². The zero-order chi connectivity index (χ0) is 17.2. The number of hydrogen-bond donors (Lipinski definition) is 2. The van der Waals surface area contributed by atoms with Crippen LogP contribution in [-0.4, -0.2) is 24.8 Å². The summed E-state index contributed by atoms with van der Waals surface area (Å²) in [6.45, 7) is 1.69. The van der Waals surface area contributed by atoms with Crippen molar-refractivity contribution in [2.24, 2.45) is 0 Å². The summed E-state index contributed by atoms with van der Waals surface area (Å²) >= 11 is 6.04. The second-order valence-corrected chi connectivity index (χ2v) is 5.82. The van der Waals surface area contributed by atoms with E-state index in [1.165, 1.54) is 0 Å². The number of aliphatic hydroxyl groups is 1. The molecule has 0 radical (unpaired) electrons. The molecule has 0 amide bonds. The number of rotatable bonds is 9. The fraction of sp³-hybridized carbons (Fsp3) is 0.316. The van der Waals surface area contributed by atoms with Crippen LogP contribution in [0.4, 0.5) is 0 Å². The third-order valence-electron chi connectivity index (χ3n) is 3.60. The highest BCUT2D eigenvalue weighted by atomic mass is 35.5. The van der Waals surface area contributed by atoms with E-state index in [9.17, 15) is 5.26 Å². The number of benzene rings is 2. The van der Waals surface area contributed by atoms with Crippen LogP contribution < -0.4 is 10.1 Å². The van der Waals surface area contributed by atoms with Gasteiger partial charge in [-0.05, 0) is 37.2 Å². The maximum absolute atomic E-state index is 9.26. The van der Waals surface area contributed by atoms with Crippen molar-refractivity contribution in [2.45, 2.75) is 18.9 Å². The maximum atomic E-state index is 9.26. The van der Waals surface area contributed by atoms with Gasteiger partial charge in [-0.15, -0.1) is 12.4 Å². The highest BCUT2D eigenvalue weighted by Crippen LogP contribution is 2.29. The van der Waals surface area contributed by atoms with Crippen molar-refractivity contribution >= 4 is 24.0 Å². The summed E-state index contributed by atoms with van der Waals surface area (Å²) in [5.74, 6) is 0.495. The molecule has 134 valence electrons. The summed E-state index contributed by atoms with van der Waals surface area (Å²) in [7, 11) is 0. The Morgan fingerprint density at radius 1 is 1.16 bits per heavy atom. The number of halogens is 2. The van der Waals surface area contributed by atoms with E-state index in [1.54, 1.807) is 18.2 Å². The first-order valence-corrected chi connectivity index (χ1v) is 8.35. The number of nitrogens with one attached hydrogen (secondary N) is 1. The Morgan fingerprint density at radius 2 is 1.92 bits per heavy atom. The third kappa shape index (κ3) is 6.93. The fourth-order valence-electron chi connectivity index (χ4n) is 2.36. The number of hydrogen-bond acceptors (Lipinski definition) is 4. The molecule has 2 rings (SSSR count). The van der Waals surface area contributed by atoms with Crippen LogP contribution in [0.1, 0.15) is 30.1 Å². The molecular weight excluding hydrogens is 359 g/mol. The first-order valence-electron chi connectivity index (χ1n) is 7.97. The molecule has 2 aromatic carbocycles.